The van der Waals surface area contributed by atoms with E-state index in [2.05, 4.69) is 13.8 Å². The van der Waals surface area contributed by atoms with Crippen molar-refractivity contribution < 1.29 is 9.47 Å². The molecule has 80 valence electrons. The van der Waals surface area contributed by atoms with Gasteiger partial charge < -0.3 is 9.47 Å². The average molecular weight is 188 g/mol. The molecular formula is C11H24O2. The Hall–Kier alpha value is -0.0800. The van der Waals surface area contributed by atoms with E-state index in [1.807, 2.05) is 6.92 Å². The van der Waals surface area contributed by atoms with Crippen LogP contribution >= 0.6 is 0 Å². The van der Waals surface area contributed by atoms with Gasteiger partial charge in [0.1, 0.15) is 0 Å². The average Bonchev–Trinajstić information content (AvgIpc) is 2.15. The molecule has 0 saturated heterocycles. The van der Waals surface area contributed by atoms with E-state index in [0.29, 0.717) is 0 Å². The highest BCUT2D eigenvalue weighted by Gasteiger charge is 2.28. The van der Waals surface area contributed by atoms with Crippen LogP contribution < -0.4 is 0 Å². The predicted octanol–water partition coefficient (Wildman–Crippen LogP) is 3.36. The van der Waals surface area contributed by atoms with Crippen molar-refractivity contribution in [3.63, 3.8) is 0 Å². The highest BCUT2D eigenvalue weighted by molar-refractivity contribution is 4.68. The molecule has 1 unspecified atom stereocenters. The Kier molecular flexibility index (Phi) is 7.29. The summed E-state index contributed by atoms with van der Waals surface area (Å²) in [5, 5.41) is 0. The molecule has 0 aliphatic carbocycles. The summed E-state index contributed by atoms with van der Waals surface area (Å²) in [6, 6.07) is 0. The van der Waals surface area contributed by atoms with Crippen LogP contribution in [0, 0.1) is 0 Å². The number of unbranched alkanes of at least 4 members (excludes halogenated alkanes) is 1. The topological polar surface area (TPSA) is 18.5 Å². The highest BCUT2D eigenvalue weighted by Crippen LogP contribution is 2.25. The first-order chi connectivity index (χ1) is 6.24. The molecule has 2 nitrogen and oxygen atoms in total. The van der Waals surface area contributed by atoms with Gasteiger partial charge in [-0.2, -0.15) is 0 Å². The van der Waals surface area contributed by atoms with Gasteiger partial charge in [0.05, 0.1) is 0 Å². The van der Waals surface area contributed by atoms with E-state index in [9.17, 15) is 0 Å². The lowest BCUT2D eigenvalue weighted by Gasteiger charge is -2.31. The molecule has 0 fully saturated rings. The van der Waals surface area contributed by atoms with Crippen LogP contribution in [0.5, 0.6) is 0 Å². The van der Waals surface area contributed by atoms with E-state index in [-0.39, 0.29) is 5.79 Å². The molecule has 1 atom stereocenters. The van der Waals surface area contributed by atoms with E-state index in [0.717, 1.165) is 25.9 Å². The molecule has 0 bridgehead atoms. The summed E-state index contributed by atoms with van der Waals surface area (Å²) in [7, 11) is 1.75. The second-order valence-electron chi connectivity index (χ2n) is 3.40. The predicted molar refractivity (Wildman–Crippen MR) is 55.8 cm³/mol. The molecule has 0 saturated carbocycles. The van der Waals surface area contributed by atoms with Crippen molar-refractivity contribution in [3.05, 3.63) is 0 Å². The lowest BCUT2D eigenvalue weighted by atomic mass is 10.0. The Bertz CT molecular complexity index is 107. The van der Waals surface area contributed by atoms with Crippen LogP contribution in [0.3, 0.4) is 0 Å². The molecule has 0 aromatic rings. The van der Waals surface area contributed by atoms with Crippen LogP contribution in [0.25, 0.3) is 0 Å². The third kappa shape index (κ3) is 4.63. The van der Waals surface area contributed by atoms with Crippen molar-refractivity contribution in [2.75, 3.05) is 13.7 Å². The van der Waals surface area contributed by atoms with Crippen LogP contribution in [0.15, 0.2) is 0 Å². The Morgan fingerprint density at radius 2 is 1.69 bits per heavy atom. The van der Waals surface area contributed by atoms with E-state index >= 15 is 0 Å². The van der Waals surface area contributed by atoms with E-state index in [1.54, 1.807) is 7.11 Å². The van der Waals surface area contributed by atoms with Gasteiger partial charge in [0, 0.05) is 26.6 Å². The van der Waals surface area contributed by atoms with Crippen molar-refractivity contribution >= 4 is 0 Å². The summed E-state index contributed by atoms with van der Waals surface area (Å²) in [6.45, 7) is 7.12. The van der Waals surface area contributed by atoms with E-state index < -0.39 is 0 Å². The summed E-state index contributed by atoms with van der Waals surface area (Å²) in [4.78, 5) is 0. The largest absolute Gasteiger partial charge is 0.353 e. The third-order valence-corrected chi connectivity index (χ3v) is 2.32. The lowest BCUT2D eigenvalue weighted by Crippen LogP contribution is -2.34. The van der Waals surface area contributed by atoms with Gasteiger partial charge in [-0.1, -0.05) is 26.7 Å². The fourth-order valence-corrected chi connectivity index (χ4v) is 1.62. The second-order valence-corrected chi connectivity index (χ2v) is 3.40. The molecule has 0 spiro atoms. The maximum atomic E-state index is 5.70. The monoisotopic (exact) mass is 188 g/mol. The van der Waals surface area contributed by atoms with Gasteiger partial charge in [-0.25, -0.2) is 0 Å². The van der Waals surface area contributed by atoms with E-state index in [1.165, 1.54) is 12.8 Å². The third-order valence-electron chi connectivity index (χ3n) is 2.32. The first-order valence-corrected chi connectivity index (χ1v) is 5.43. The molecule has 13 heavy (non-hydrogen) atoms. The van der Waals surface area contributed by atoms with Gasteiger partial charge in [0.2, 0.25) is 0 Å². The maximum Gasteiger partial charge on any atom is 0.167 e. The second kappa shape index (κ2) is 7.34. The van der Waals surface area contributed by atoms with Gasteiger partial charge in [-0.05, 0) is 13.3 Å². The number of hydrogen-bond donors (Lipinski definition) is 0. The molecule has 0 heterocycles. The number of methoxy groups -OCH3 is 1. The van der Waals surface area contributed by atoms with Crippen LogP contribution in [0.4, 0.5) is 0 Å². The van der Waals surface area contributed by atoms with Gasteiger partial charge in [0.15, 0.2) is 5.79 Å². The molecule has 0 aliphatic heterocycles. The molecule has 0 amide bonds. The minimum absolute atomic E-state index is 0.306. The molecule has 0 aliphatic rings. The maximum absolute atomic E-state index is 5.70. The van der Waals surface area contributed by atoms with Crippen LogP contribution in [0.2, 0.25) is 0 Å². The number of rotatable bonds is 8. The Morgan fingerprint density at radius 1 is 1.00 bits per heavy atom. The Labute approximate surface area is 82.6 Å². The van der Waals surface area contributed by atoms with Gasteiger partial charge in [-0.3, -0.25) is 0 Å². The number of hydrogen-bond acceptors (Lipinski definition) is 2. The summed E-state index contributed by atoms with van der Waals surface area (Å²) < 4.78 is 11.2. The Morgan fingerprint density at radius 3 is 2.08 bits per heavy atom. The van der Waals surface area contributed by atoms with Crippen LogP contribution in [-0.4, -0.2) is 19.5 Å². The molecule has 2 heteroatoms. The van der Waals surface area contributed by atoms with Crippen molar-refractivity contribution in [1.29, 1.82) is 0 Å². The minimum Gasteiger partial charge on any atom is -0.353 e. The number of ether oxygens (including phenoxy) is 2. The normalized spacial score (nSPS) is 15.7. The summed E-state index contributed by atoms with van der Waals surface area (Å²) in [5.41, 5.74) is 0. The first kappa shape index (κ1) is 12.9. The quantitative estimate of drug-likeness (QED) is 0.544. The van der Waals surface area contributed by atoms with Crippen LogP contribution in [0.1, 0.15) is 52.9 Å². The fourth-order valence-electron chi connectivity index (χ4n) is 1.62. The molecule has 0 aromatic carbocycles. The fraction of sp³-hybridized carbons (Fsp3) is 1.00. The molecule has 0 rings (SSSR count). The van der Waals surface area contributed by atoms with Crippen molar-refractivity contribution in [3.8, 4) is 0 Å². The zero-order valence-corrected chi connectivity index (χ0v) is 9.56. The molecule has 0 aromatic heterocycles. The highest BCUT2D eigenvalue weighted by atomic mass is 16.7. The SMILES string of the molecule is CCCCC(CCC)(OC)OCC. The van der Waals surface area contributed by atoms with Gasteiger partial charge in [0.25, 0.3) is 0 Å². The zero-order valence-electron chi connectivity index (χ0n) is 9.56. The first-order valence-electron chi connectivity index (χ1n) is 5.43. The van der Waals surface area contributed by atoms with Crippen molar-refractivity contribution in [1.82, 2.24) is 0 Å². The van der Waals surface area contributed by atoms with Gasteiger partial charge in [-0.15, -0.1) is 0 Å². The zero-order chi connectivity index (χ0) is 10.2. The van der Waals surface area contributed by atoms with E-state index in [4.69, 9.17) is 9.47 Å². The summed E-state index contributed by atoms with van der Waals surface area (Å²) in [6.07, 6.45) is 5.49. The molecule has 0 radical (unpaired) electrons. The molecule has 0 N–H and O–H groups in total. The van der Waals surface area contributed by atoms with Gasteiger partial charge >= 0.3 is 0 Å². The van der Waals surface area contributed by atoms with Crippen LogP contribution in [-0.2, 0) is 9.47 Å². The summed E-state index contributed by atoms with van der Waals surface area (Å²) >= 11 is 0. The minimum atomic E-state index is -0.306. The summed E-state index contributed by atoms with van der Waals surface area (Å²) in [5.74, 6) is -0.306. The smallest absolute Gasteiger partial charge is 0.167 e. The Balaban J connectivity index is 4.07. The molecular weight excluding hydrogens is 164 g/mol. The standard InChI is InChI=1S/C11H24O2/c1-5-8-10-11(12-4,9-6-2)13-7-3/h5-10H2,1-4H3. The van der Waals surface area contributed by atoms with Crippen molar-refractivity contribution in [2.24, 2.45) is 0 Å². The van der Waals surface area contributed by atoms with Crippen molar-refractivity contribution in [2.45, 2.75) is 58.7 Å². The lowest BCUT2D eigenvalue weighted by molar-refractivity contribution is -0.228.